The van der Waals surface area contributed by atoms with Crippen LogP contribution in [0.3, 0.4) is 0 Å². The highest BCUT2D eigenvalue weighted by molar-refractivity contribution is 5.83. The smallest absolute Gasteiger partial charge is 0.426 e. The molecular formula is C25H18F2O5. The van der Waals surface area contributed by atoms with E-state index in [1.54, 1.807) is 36.4 Å². The van der Waals surface area contributed by atoms with Crippen LogP contribution in [0.4, 0.5) is 8.78 Å². The Morgan fingerprint density at radius 2 is 1.03 bits per heavy atom. The van der Waals surface area contributed by atoms with Crippen molar-refractivity contribution in [3.05, 3.63) is 104 Å². The van der Waals surface area contributed by atoms with Crippen LogP contribution in [0.25, 0.3) is 11.1 Å². The SMILES string of the molecule is C=CC(=O)Oc1ccc(-c2ccc(OC(F)(F)c3ccc(OC(=O)C=C)cc3)cc2)cc1. The van der Waals surface area contributed by atoms with Crippen molar-refractivity contribution in [2.75, 3.05) is 0 Å². The van der Waals surface area contributed by atoms with Crippen molar-refractivity contribution in [1.82, 2.24) is 0 Å². The summed E-state index contributed by atoms with van der Waals surface area (Å²) >= 11 is 0. The molecule has 3 aromatic rings. The highest BCUT2D eigenvalue weighted by Gasteiger charge is 2.34. The van der Waals surface area contributed by atoms with Gasteiger partial charge in [-0.15, -0.1) is 0 Å². The van der Waals surface area contributed by atoms with Crippen molar-refractivity contribution in [2.24, 2.45) is 0 Å². The van der Waals surface area contributed by atoms with Gasteiger partial charge in [-0.05, 0) is 59.7 Å². The summed E-state index contributed by atoms with van der Waals surface area (Å²) in [5, 5.41) is 0. The maximum absolute atomic E-state index is 14.5. The monoisotopic (exact) mass is 436 g/mol. The molecule has 5 nitrogen and oxygen atoms in total. The zero-order chi connectivity index (χ0) is 23.1. The van der Waals surface area contributed by atoms with Crippen molar-refractivity contribution in [1.29, 1.82) is 0 Å². The van der Waals surface area contributed by atoms with E-state index in [0.29, 0.717) is 5.75 Å². The largest absolute Gasteiger partial charge is 0.429 e. The van der Waals surface area contributed by atoms with Gasteiger partial charge < -0.3 is 14.2 Å². The van der Waals surface area contributed by atoms with Crippen molar-refractivity contribution in [3.8, 4) is 28.4 Å². The van der Waals surface area contributed by atoms with Crippen molar-refractivity contribution >= 4 is 11.9 Å². The summed E-state index contributed by atoms with van der Waals surface area (Å²) < 4.78 is 43.8. The Morgan fingerprint density at radius 3 is 1.44 bits per heavy atom. The first kappa shape index (κ1) is 22.4. The quantitative estimate of drug-likeness (QED) is 0.259. The van der Waals surface area contributed by atoms with E-state index >= 15 is 0 Å². The van der Waals surface area contributed by atoms with E-state index in [-0.39, 0.29) is 11.5 Å². The number of halogens is 2. The summed E-state index contributed by atoms with van der Waals surface area (Å²) in [7, 11) is 0. The molecule has 162 valence electrons. The number of hydrogen-bond acceptors (Lipinski definition) is 5. The summed E-state index contributed by atoms with van der Waals surface area (Å²) in [6.07, 6.45) is -1.56. The minimum absolute atomic E-state index is 0.0301. The molecule has 0 aliphatic rings. The van der Waals surface area contributed by atoms with Gasteiger partial charge in [0.2, 0.25) is 0 Å². The minimum Gasteiger partial charge on any atom is -0.429 e. The molecule has 0 fully saturated rings. The van der Waals surface area contributed by atoms with Crippen LogP contribution in [0, 0.1) is 0 Å². The third-order valence-corrected chi connectivity index (χ3v) is 4.25. The standard InChI is InChI=1S/C25H18F2O5/c1-3-23(28)30-20-11-5-17(6-12-20)18-7-13-22(14-8-18)32-25(26,27)19-9-15-21(16-10-19)31-24(29)4-2/h3-16H,1-2H2. The molecule has 0 aliphatic heterocycles. The van der Waals surface area contributed by atoms with Crippen molar-refractivity contribution < 1.29 is 32.6 Å². The van der Waals surface area contributed by atoms with Crippen LogP contribution in [0.15, 0.2) is 98.1 Å². The fourth-order valence-corrected chi connectivity index (χ4v) is 2.67. The number of alkyl halides is 2. The first-order valence-electron chi connectivity index (χ1n) is 9.37. The fourth-order valence-electron chi connectivity index (χ4n) is 2.67. The van der Waals surface area contributed by atoms with Gasteiger partial charge in [-0.3, -0.25) is 0 Å². The molecule has 0 amide bonds. The van der Waals surface area contributed by atoms with Crippen LogP contribution in [0.2, 0.25) is 0 Å². The van der Waals surface area contributed by atoms with E-state index in [4.69, 9.17) is 14.2 Å². The van der Waals surface area contributed by atoms with E-state index in [9.17, 15) is 18.4 Å². The third kappa shape index (κ3) is 5.66. The van der Waals surface area contributed by atoms with Gasteiger partial charge in [-0.1, -0.05) is 37.4 Å². The van der Waals surface area contributed by atoms with Gasteiger partial charge >= 0.3 is 18.0 Å². The maximum atomic E-state index is 14.5. The molecule has 0 bridgehead atoms. The predicted octanol–water partition coefficient (Wildman–Crippen LogP) is 5.66. The van der Waals surface area contributed by atoms with Crippen LogP contribution >= 0.6 is 0 Å². The Bertz CT molecular complexity index is 1120. The molecule has 0 aromatic heterocycles. The van der Waals surface area contributed by atoms with E-state index in [1.807, 2.05) is 0 Å². The molecule has 3 aromatic carbocycles. The number of benzene rings is 3. The Kier molecular flexibility index (Phi) is 6.80. The van der Waals surface area contributed by atoms with Crippen LogP contribution < -0.4 is 14.2 Å². The zero-order valence-corrected chi connectivity index (χ0v) is 16.8. The predicted molar refractivity (Wildman–Crippen MR) is 115 cm³/mol. The van der Waals surface area contributed by atoms with Gasteiger partial charge in [0, 0.05) is 12.2 Å². The lowest BCUT2D eigenvalue weighted by Crippen LogP contribution is -2.21. The molecule has 0 unspecified atom stereocenters. The molecule has 0 aliphatic carbocycles. The van der Waals surface area contributed by atoms with Gasteiger partial charge in [0.15, 0.2) is 0 Å². The van der Waals surface area contributed by atoms with E-state index in [2.05, 4.69) is 13.2 Å². The van der Waals surface area contributed by atoms with Crippen molar-refractivity contribution in [2.45, 2.75) is 6.11 Å². The summed E-state index contributed by atoms with van der Waals surface area (Å²) in [6, 6.07) is 17.5. The van der Waals surface area contributed by atoms with E-state index in [0.717, 1.165) is 35.4 Å². The van der Waals surface area contributed by atoms with Gasteiger partial charge in [0.25, 0.3) is 0 Å². The third-order valence-electron chi connectivity index (χ3n) is 4.25. The summed E-state index contributed by atoms with van der Waals surface area (Å²) in [5.74, 6) is -0.800. The number of rotatable bonds is 8. The second-order valence-corrected chi connectivity index (χ2v) is 6.44. The Hall–Kier alpha value is -4.26. The highest BCUT2D eigenvalue weighted by atomic mass is 19.3. The van der Waals surface area contributed by atoms with Crippen LogP contribution in [0.5, 0.6) is 17.2 Å². The van der Waals surface area contributed by atoms with Crippen LogP contribution in [-0.4, -0.2) is 11.9 Å². The molecular weight excluding hydrogens is 418 g/mol. The summed E-state index contributed by atoms with van der Waals surface area (Å²) in [4.78, 5) is 22.4. The number of carbonyl (C=O) groups is 2. The molecule has 0 spiro atoms. The molecule has 32 heavy (non-hydrogen) atoms. The summed E-state index contributed by atoms with van der Waals surface area (Å²) in [5.41, 5.74) is 1.16. The zero-order valence-electron chi connectivity index (χ0n) is 16.8. The Balaban J connectivity index is 1.68. The van der Waals surface area contributed by atoms with Crippen LogP contribution in [-0.2, 0) is 15.7 Å². The van der Waals surface area contributed by atoms with Crippen LogP contribution in [0.1, 0.15) is 5.56 Å². The van der Waals surface area contributed by atoms with Gasteiger partial charge in [-0.25, -0.2) is 9.59 Å². The van der Waals surface area contributed by atoms with E-state index in [1.165, 1.54) is 24.3 Å². The van der Waals surface area contributed by atoms with Crippen molar-refractivity contribution in [3.63, 3.8) is 0 Å². The summed E-state index contributed by atoms with van der Waals surface area (Å²) in [6.45, 7) is 6.60. The minimum atomic E-state index is -3.60. The Labute approximate surface area is 183 Å². The first-order chi connectivity index (χ1) is 15.3. The van der Waals surface area contributed by atoms with Gasteiger partial charge in [-0.2, -0.15) is 8.78 Å². The second kappa shape index (κ2) is 9.70. The number of ether oxygens (including phenoxy) is 3. The van der Waals surface area contributed by atoms with E-state index < -0.39 is 23.6 Å². The molecule has 0 heterocycles. The average molecular weight is 436 g/mol. The molecule has 0 saturated heterocycles. The normalized spacial score (nSPS) is 10.7. The average Bonchev–Trinajstić information content (AvgIpc) is 2.80. The molecule has 0 saturated carbocycles. The van der Waals surface area contributed by atoms with Gasteiger partial charge in [0.1, 0.15) is 17.2 Å². The molecule has 3 rings (SSSR count). The fraction of sp³-hybridized carbons (Fsp3) is 0.0400. The molecule has 0 radical (unpaired) electrons. The maximum Gasteiger partial charge on any atom is 0.426 e. The molecule has 7 heteroatoms. The number of carbonyl (C=O) groups excluding carboxylic acids is 2. The molecule has 0 N–H and O–H groups in total. The highest BCUT2D eigenvalue weighted by Crippen LogP contribution is 2.33. The number of esters is 2. The second-order valence-electron chi connectivity index (χ2n) is 6.44. The topological polar surface area (TPSA) is 61.8 Å². The first-order valence-corrected chi connectivity index (χ1v) is 9.37. The number of hydrogen-bond donors (Lipinski definition) is 0. The van der Waals surface area contributed by atoms with Gasteiger partial charge in [0.05, 0.1) is 5.56 Å². The lowest BCUT2D eigenvalue weighted by molar-refractivity contribution is -0.185. The Morgan fingerprint density at radius 1 is 0.656 bits per heavy atom. The lowest BCUT2D eigenvalue weighted by atomic mass is 10.1. The lowest BCUT2D eigenvalue weighted by Gasteiger charge is -2.18. The molecule has 0 atom stereocenters.